The first-order valence-electron chi connectivity index (χ1n) is 9.19. The lowest BCUT2D eigenvalue weighted by Gasteiger charge is -2.14. The monoisotopic (exact) mass is 386 g/mol. The first kappa shape index (κ1) is 18.3. The van der Waals surface area contributed by atoms with E-state index in [0.717, 1.165) is 21.6 Å². The average Bonchev–Trinajstić information content (AvgIpc) is 2.70. The number of rotatable bonds is 5. The molecule has 0 fully saturated rings. The van der Waals surface area contributed by atoms with Gasteiger partial charge in [0.1, 0.15) is 0 Å². The minimum atomic E-state index is 0.710. The van der Waals surface area contributed by atoms with Gasteiger partial charge in [-0.05, 0) is 80.2 Å². The van der Waals surface area contributed by atoms with Crippen LogP contribution in [0.15, 0.2) is 71.6 Å². The van der Waals surface area contributed by atoms with Crippen molar-refractivity contribution >= 4 is 40.3 Å². The Bertz CT molecular complexity index is 1120. The summed E-state index contributed by atoms with van der Waals surface area (Å²) in [6.45, 7) is 6.31. The Morgan fingerprint density at radius 1 is 0.714 bits per heavy atom. The SMILES string of the molecule is Cc1ccc(SNc2nc3ccccc3nc2Nc2ccc(C)c(C)c2)cc1. The van der Waals surface area contributed by atoms with Crippen LogP contribution in [0.25, 0.3) is 11.0 Å². The maximum Gasteiger partial charge on any atom is 0.180 e. The van der Waals surface area contributed by atoms with Gasteiger partial charge < -0.3 is 10.0 Å². The highest BCUT2D eigenvalue weighted by Gasteiger charge is 2.10. The number of benzene rings is 3. The van der Waals surface area contributed by atoms with Gasteiger partial charge in [-0.2, -0.15) is 0 Å². The summed E-state index contributed by atoms with van der Waals surface area (Å²) in [5.74, 6) is 1.42. The maximum absolute atomic E-state index is 4.80. The van der Waals surface area contributed by atoms with Crippen LogP contribution in [-0.2, 0) is 0 Å². The number of hydrogen-bond acceptors (Lipinski definition) is 5. The molecule has 1 heterocycles. The van der Waals surface area contributed by atoms with Crippen LogP contribution < -0.4 is 10.0 Å². The smallest absolute Gasteiger partial charge is 0.180 e. The van der Waals surface area contributed by atoms with Gasteiger partial charge in [-0.3, -0.25) is 0 Å². The molecule has 1 aromatic heterocycles. The summed E-state index contributed by atoms with van der Waals surface area (Å²) in [7, 11) is 0. The van der Waals surface area contributed by atoms with Crippen molar-refractivity contribution in [3.05, 3.63) is 83.4 Å². The molecule has 2 N–H and O–H groups in total. The summed E-state index contributed by atoms with van der Waals surface area (Å²) >= 11 is 1.53. The molecule has 0 saturated carbocycles. The Labute approximate surface area is 169 Å². The van der Waals surface area contributed by atoms with Crippen LogP contribution in [0.4, 0.5) is 17.3 Å². The molecule has 3 aromatic carbocycles. The highest BCUT2D eigenvalue weighted by molar-refractivity contribution is 8.00. The van der Waals surface area contributed by atoms with Crippen molar-refractivity contribution in [2.45, 2.75) is 25.7 Å². The maximum atomic E-state index is 4.80. The number of para-hydroxylation sites is 2. The van der Waals surface area contributed by atoms with Crippen molar-refractivity contribution in [3.63, 3.8) is 0 Å². The Morgan fingerprint density at radius 3 is 2.07 bits per heavy atom. The molecule has 0 aliphatic carbocycles. The average molecular weight is 387 g/mol. The Kier molecular flexibility index (Phi) is 5.17. The molecule has 4 nitrogen and oxygen atoms in total. The van der Waals surface area contributed by atoms with Crippen molar-refractivity contribution < 1.29 is 0 Å². The highest BCUT2D eigenvalue weighted by atomic mass is 32.2. The molecule has 0 radical (unpaired) electrons. The number of nitrogens with one attached hydrogen (secondary N) is 2. The molecule has 0 aliphatic rings. The van der Waals surface area contributed by atoms with E-state index in [-0.39, 0.29) is 0 Å². The molecule has 0 amide bonds. The zero-order valence-electron chi connectivity index (χ0n) is 16.2. The third-order valence-corrected chi connectivity index (χ3v) is 5.43. The van der Waals surface area contributed by atoms with Gasteiger partial charge in [-0.1, -0.05) is 35.9 Å². The van der Waals surface area contributed by atoms with Crippen LogP contribution >= 0.6 is 11.9 Å². The molecule has 0 saturated heterocycles. The van der Waals surface area contributed by atoms with Crippen LogP contribution in [0.3, 0.4) is 0 Å². The lowest BCUT2D eigenvalue weighted by molar-refractivity contribution is 1.27. The highest BCUT2D eigenvalue weighted by Crippen LogP contribution is 2.29. The van der Waals surface area contributed by atoms with E-state index >= 15 is 0 Å². The number of hydrogen-bond donors (Lipinski definition) is 2. The van der Waals surface area contributed by atoms with Crippen LogP contribution in [0.2, 0.25) is 0 Å². The lowest BCUT2D eigenvalue weighted by Crippen LogP contribution is -2.02. The van der Waals surface area contributed by atoms with Gasteiger partial charge in [0.05, 0.1) is 11.0 Å². The fourth-order valence-electron chi connectivity index (χ4n) is 2.83. The summed E-state index contributed by atoms with van der Waals surface area (Å²) in [6, 6.07) is 22.6. The summed E-state index contributed by atoms with van der Waals surface area (Å²) in [4.78, 5) is 10.7. The van der Waals surface area contributed by atoms with Crippen molar-refractivity contribution in [3.8, 4) is 0 Å². The largest absolute Gasteiger partial charge is 0.337 e. The molecule has 0 spiro atoms. The molecule has 0 atom stereocenters. The van der Waals surface area contributed by atoms with Gasteiger partial charge in [-0.25, -0.2) is 9.97 Å². The number of aryl methyl sites for hydroxylation is 3. The predicted octanol–water partition coefficient (Wildman–Crippen LogP) is 6.42. The molecule has 4 aromatic rings. The van der Waals surface area contributed by atoms with Crippen LogP contribution in [0.5, 0.6) is 0 Å². The quantitative estimate of drug-likeness (QED) is 0.388. The number of aromatic nitrogens is 2. The lowest BCUT2D eigenvalue weighted by atomic mass is 10.1. The van der Waals surface area contributed by atoms with Gasteiger partial charge >= 0.3 is 0 Å². The molecular formula is C23H22N4S. The van der Waals surface area contributed by atoms with E-state index in [1.165, 1.54) is 28.6 Å². The van der Waals surface area contributed by atoms with Gasteiger partial charge in [0.25, 0.3) is 0 Å². The fraction of sp³-hybridized carbons (Fsp3) is 0.130. The second-order valence-electron chi connectivity index (χ2n) is 6.85. The van der Waals surface area contributed by atoms with Crippen LogP contribution in [0.1, 0.15) is 16.7 Å². The molecule has 0 unspecified atom stereocenters. The van der Waals surface area contributed by atoms with E-state index in [0.29, 0.717) is 11.6 Å². The van der Waals surface area contributed by atoms with E-state index in [4.69, 9.17) is 9.97 Å². The molecule has 140 valence electrons. The second-order valence-corrected chi connectivity index (χ2v) is 7.73. The fourth-order valence-corrected chi connectivity index (χ4v) is 3.46. The van der Waals surface area contributed by atoms with E-state index in [1.807, 2.05) is 24.3 Å². The third kappa shape index (κ3) is 4.10. The van der Waals surface area contributed by atoms with Gasteiger partial charge in [0.15, 0.2) is 11.6 Å². The summed E-state index contributed by atoms with van der Waals surface area (Å²) in [5.41, 5.74) is 6.47. The molecule has 5 heteroatoms. The molecule has 4 rings (SSSR count). The van der Waals surface area contributed by atoms with Crippen molar-refractivity contribution in [1.82, 2.24) is 9.97 Å². The second kappa shape index (κ2) is 7.90. The molecule has 0 bridgehead atoms. The first-order chi connectivity index (χ1) is 13.6. The summed E-state index contributed by atoms with van der Waals surface area (Å²) in [6.07, 6.45) is 0. The summed E-state index contributed by atoms with van der Waals surface area (Å²) < 4.78 is 3.37. The van der Waals surface area contributed by atoms with Crippen molar-refractivity contribution in [1.29, 1.82) is 0 Å². The van der Waals surface area contributed by atoms with Crippen LogP contribution in [0, 0.1) is 20.8 Å². The standard InChI is InChI=1S/C23H22N4S/c1-15-8-12-19(13-9-15)28-27-23-22(24-18-11-10-16(2)17(3)14-18)25-20-6-4-5-7-21(20)26-23/h4-14H,1-3H3,(H,24,25)(H,26,27). The van der Waals surface area contributed by atoms with Crippen molar-refractivity contribution in [2.75, 3.05) is 10.0 Å². The minimum absolute atomic E-state index is 0.710. The zero-order valence-corrected chi connectivity index (χ0v) is 17.0. The van der Waals surface area contributed by atoms with E-state index < -0.39 is 0 Å². The third-order valence-electron chi connectivity index (χ3n) is 4.63. The first-order valence-corrected chi connectivity index (χ1v) is 10.0. The summed E-state index contributed by atoms with van der Waals surface area (Å²) in [5, 5.41) is 3.43. The van der Waals surface area contributed by atoms with Crippen LogP contribution in [-0.4, -0.2) is 9.97 Å². The number of anilines is 3. The minimum Gasteiger partial charge on any atom is -0.337 e. The predicted molar refractivity (Wildman–Crippen MR) is 119 cm³/mol. The molecule has 0 aliphatic heterocycles. The van der Waals surface area contributed by atoms with Gasteiger partial charge in [-0.15, -0.1) is 0 Å². The molecule has 28 heavy (non-hydrogen) atoms. The van der Waals surface area contributed by atoms with Gasteiger partial charge in [0, 0.05) is 10.6 Å². The molecular weight excluding hydrogens is 364 g/mol. The van der Waals surface area contributed by atoms with Crippen molar-refractivity contribution in [2.24, 2.45) is 0 Å². The van der Waals surface area contributed by atoms with E-state index in [1.54, 1.807) is 0 Å². The zero-order chi connectivity index (χ0) is 19.5. The van der Waals surface area contributed by atoms with E-state index in [2.05, 4.69) is 73.3 Å². The number of fused-ring (bicyclic) bond motifs is 1. The Balaban J connectivity index is 1.67. The van der Waals surface area contributed by atoms with E-state index in [9.17, 15) is 0 Å². The topological polar surface area (TPSA) is 49.8 Å². The number of nitrogens with zero attached hydrogens (tertiary/aromatic N) is 2. The normalized spacial score (nSPS) is 10.8. The Morgan fingerprint density at radius 2 is 1.39 bits per heavy atom. The van der Waals surface area contributed by atoms with Gasteiger partial charge in [0.2, 0.25) is 0 Å². The Hall–Kier alpha value is -3.05.